The number of hydrogen-bond donors (Lipinski definition) is 1. The molecule has 8 heteroatoms. The second-order valence-electron chi connectivity index (χ2n) is 6.91. The Balaban J connectivity index is -0.000000186. The van der Waals surface area contributed by atoms with Crippen LogP contribution in [0.1, 0.15) is 92.2 Å². The van der Waals surface area contributed by atoms with E-state index >= 15 is 0 Å². The Kier molecular flexibility index (Phi) is 32.7. The fourth-order valence-corrected chi connectivity index (χ4v) is 3.06. The van der Waals surface area contributed by atoms with Crippen molar-refractivity contribution in [3.63, 3.8) is 0 Å². The summed E-state index contributed by atoms with van der Waals surface area (Å²) in [6, 6.07) is 2.39. The first kappa shape index (κ1) is 39.4. The zero-order valence-electron chi connectivity index (χ0n) is 22.4. The normalized spacial score (nSPS) is 9.48. The molecule has 1 amide bonds. The van der Waals surface area contributed by atoms with Gasteiger partial charge in [-0.05, 0) is 49.8 Å². The van der Waals surface area contributed by atoms with Crippen LogP contribution in [-0.2, 0) is 11.0 Å². The number of unbranched alkanes of at least 4 members (excludes halogenated alkanes) is 1. The molecule has 3 nitrogen and oxygen atoms in total. The van der Waals surface area contributed by atoms with Gasteiger partial charge in [0.25, 0.3) is 0 Å². The topological polar surface area (TPSA) is 40.5 Å². The molecule has 0 aliphatic rings. The van der Waals surface area contributed by atoms with Gasteiger partial charge in [0.05, 0.1) is 5.56 Å². The van der Waals surface area contributed by atoms with Crippen LogP contribution < -0.4 is 5.30 Å². The number of nitrogens with zero attached hydrogens (tertiary/aromatic N) is 1. The van der Waals surface area contributed by atoms with Gasteiger partial charge in [-0.1, -0.05) is 68.2 Å². The van der Waals surface area contributed by atoms with Crippen molar-refractivity contribution in [1.29, 1.82) is 0 Å². The number of amides is 1. The van der Waals surface area contributed by atoms with Gasteiger partial charge < -0.3 is 10.0 Å². The average molecular weight is 516 g/mol. The molecule has 1 aromatic rings. The second kappa shape index (κ2) is 27.4. The predicted molar refractivity (Wildman–Crippen MR) is 147 cm³/mol. The minimum atomic E-state index is -4.50. The first-order chi connectivity index (χ1) is 15.5. The number of hydrogen-bond acceptors (Lipinski definition) is 2. The molecule has 0 fully saturated rings. The van der Waals surface area contributed by atoms with Crippen LogP contribution in [0.2, 0.25) is 0 Å². The molecule has 1 unspecified atom stereocenters. The Labute approximate surface area is 206 Å². The first-order valence-corrected chi connectivity index (χ1v) is 14.1. The van der Waals surface area contributed by atoms with Crippen molar-refractivity contribution in [2.24, 2.45) is 0 Å². The van der Waals surface area contributed by atoms with E-state index in [0.29, 0.717) is 5.56 Å². The largest absolute Gasteiger partial charge is 0.507 e. The Morgan fingerprint density at radius 3 is 1.79 bits per heavy atom. The third-order valence-electron chi connectivity index (χ3n) is 3.55. The lowest BCUT2D eigenvalue weighted by atomic mass is 10.1. The summed E-state index contributed by atoms with van der Waals surface area (Å²) in [5, 5.41) is 9.28. The fraction of sp³-hybridized carbons (Fsp3) is 0.720. The fourth-order valence-electron chi connectivity index (χ4n) is 2.14. The van der Waals surface area contributed by atoms with Gasteiger partial charge in [-0.15, -0.1) is 17.8 Å². The van der Waals surface area contributed by atoms with Crippen molar-refractivity contribution < 1.29 is 23.1 Å². The molecule has 1 rings (SSSR count). The number of halogens is 3. The first-order valence-electron chi connectivity index (χ1n) is 12.1. The van der Waals surface area contributed by atoms with Gasteiger partial charge >= 0.3 is 6.18 Å². The van der Waals surface area contributed by atoms with Crippen LogP contribution in [0, 0.1) is 6.92 Å². The Bertz CT molecular complexity index is 555. The van der Waals surface area contributed by atoms with Crippen molar-refractivity contribution in [3.05, 3.63) is 23.3 Å². The summed E-state index contributed by atoms with van der Waals surface area (Å²) >= 11 is 0. The van der Waals surface area contributed by atoms with Crippen molar-refractivity contribution in [2.75, 3.05) is 25.4 Å². The smallest absolute Gasteiger partial charge is 0.419 e. The molecule has 0 saturated carbocycles. The molecule has 0 aliphatic carbocycles. The van der Waals surface area contributed by atoms with Gasteiger partial charge in [-0.25, -0.2) is 0 Å². The third-order valence-corrected chi connectivity index (χ3v) is 4.99. The second-order valence-corrected chi connectivity index (χ2v) is 9.44. The molecule has 0 spiro atoms. The van der Waals surface area contributed by atoms with Crippen LogP contribution in [0.3, 0.4) is 0 Å². The maximum atomic E-state index is 12.2. The molecule has 1 atom stereocenters. The lowest BCUT2D eigenvalue weighted by molar-refractivity contribution is -0.138. The summed E-state index contributed by atoms with van der Waals surface area (Å²) in [5.74, 6) is -0.719. The summed E-state index contributed by atoms with van der Waals surface area (Å²) in [6.45, 7) is 20.3. The number of carbonyl (C=O) groups is 1. The molecule has 0 aliphatic heterocycles. The van der Waals surface area contributed by atoms with E-state index < -0.39 is 17.5 Å². The van der Waals surface area contributed by atoms with Crippen molar-refractivity contribution in [3.8, 4) is 5.75 Å². The van der Waals surface area contributed by atoms with E-state index in [-0.39, 0.29) is 5.30 Å². The Morgan fingerprint density at radius 2 is 1.48 bits per heavy atom. The molecule has 0 saturated heterocycles. The zero-order valence-corrected chi connectivity index (χ0v) is 24.6. The van der Waals surface area contributed by atoms with Crippen LogP contribution in [0.4, 0.5) is 13.2 Å². The van der Waals surface area contributed by atoms with Crippen molar-refractivity contribution in [1.82, 2.24) is 4.90 Å². The molecule has 0 radical (unpaired) electrons. The maximum Gasteiger partial charge on any atom is 0.419 e. The molecule has 1 aromatic carbocycles. The predicted octanol–water partition coefficient (Wildman–Crippen LogP) is 8.02. The van der Waals surface area contributed by atoms with Crippen LogP contribution >= 0.6 is 17.8 Å². The summed E-state index contributed by atoms with van der Waals surface area (Å²) in [5.41, 5.74) is -0.521. The number of phenolic OH excluding ortho intramolecular Hbond substituents is 1. The number of alkyl halides is 3. The minimum absolute atomic E-state index is 0.160. The number of carbonyl (C=O) groups excluding carboxylic acids is 1. The van der Waals surface area contributed by atoms with Crippen molar-refractivity contribution in [2.45, 2.75) is 94.2 Å². The van der Waals surface area contributed by atoms with Gasteiger partial charge in [-0.3, -0.25) is 4.79 Å². The van der Waals surface area contributed by atoms with Crippen LogP contribution in [-0.4, -0.2) is 41.8 Å². The van der Waals surface area contributed by atoms with E-state index in [1.165, 1.54) is 33.4 Å². The highest BCUT2D eigenvalue weighted by Gasteiger charge is 2.34. The van der Waals surface area contributed by atoms with Gasteiger partial charge in [0, 0.05) is 18.4 Å². The monoisotopic (exact) mass is 515 g/mol. The lowest BCUT2D eigenvalue weighted by Gasteiger charge is -2.14. The highest BCUT2D eigenvalue weighted by atomic mass is 31.1. The van der Waals surface area contributed by atoms with Crippen LogP contribution in [0.15, 0.2) is 12.1 Å². The van der Waals surface area contributed by atoms with Gasteiger partial charge in [0.1, 0.15) is 5.75 Å². The molecule has 33 heavy (non-hydrogen) atoms. The molecule has 0 aromatic heterocycles. The molecule has 0 bridgehead atoms. The molecule has 1 N–H and O–H groups in total. The number of phenols is 1. The van der Waals surface area contributed by atoms with E-state index in [1.807, 2.05) is 18.7 Å². The van der Waals surface area contributed by atoms with Crippen LogP contribution in [0.5, 0.6) is 5.75 Å². The summed E-state index contributed by atoms with van der Waals surface area (Å²) < 4.78 is 36.7. The maximum absolute atomic E-state index is 12.2. The Hall–Kier alpha value is -0.860. The quantitative estimate of drug-likeness (QED) is 0.281. The van der Waals surface area contributed by atoms with Gasteiger partial charge in [-0.2, -0.15) is 13.2 Å². The number of benzene rings is 1. The number of aromatic hydroxyl groups is 1. The average Bonchev–Trinajstić information content (AvgIpc) is 2.76. The molecule has 198 valence electrons. The number of aryl methyl sites for hydroxylation is 1. The molecular weight excluding hydrogens is 465 g/mol. The SMILES string of the molecule is CC.CCC.CCCCN(C=O)CCC.CCPCC.Cc1cc(P)c(O)c(C(F)(F)F)c1. The van der Waals surface area contributed by atoms with Crippen molar-refractivity contribution >= 4 is 29.5 Å². The van der Waals surface area contributed by atoms with E-state index in [9.17, 15) is 18.0 Å². The number of rotatable bonds is 8. The van der Waals surface area contributed by atoms with E-state index in [0.717, 1.165) is 44.8 Å². The molecule has 0 heterocycles. The highest BCUT2D eigenvalue weighted by molar-refractivity contribution is 7.37. The van der Waals surface area contributed by atoms with Gasteiger partial charge in [0.15, 0.2) is 0 Å². The standard InChI is InChI=1S/C8H8F3OP.C8H17NO.C4H11P.C3H8.C2H6/c1-4-2-5(8(9,10)11)7(12)6(13)3-4;1-3-5-7-9(8-10)6-4-2;1-3-5-4-2;1-3-2;1-2/h2-3,12H,13H2,1H3;8H,3-7H2,1-2H3;5H,3-4H2,1-2H3;3H2,1-2H3;1-2H3. The summed E-state index contributed by atoms with van der Waals surface area (Å²) in [6.07, 6.45) is 3.78. The summed E-state index contributed by atoms with van der Waals surface area (Å²) in [7, 11) is 3.26. The third kappa shape index (κ3) is 25.6. The highest BCUT2D eigenvalue weighted by Crippen LogP contribution is 2.35. The van der Waals surface area contributed by atoms with Crippen LogP contribution in [0.25, 0.3) is 0 Å². The minimum Gasteiger partial charge on any atom is -0.507 e. The lowest BCUT2D eigenvalue weighted by Crippen LogP contribution is -2.23. The summed E-state index contributed by atoms with van der Waals surface area (Å²) in [4.78, 5) is 12.2. The Morgan fingerprint density at radius 1 is 1.00 bits per heavy atom. The van der Waals surface area contributed by atoms with E-state index in [2.05, 4.69) is 50.8 Å². The zero-order chi connectivity index (χ0) is 26.9. The van der Waals surface area contributed by atoms with Gasteiger partial charge in [0.2, 0.25) is 6.41 Å². The van der Waals surface area contributed by atoms with E-state index in [4.69, 9.17) is 5.11 Å². The van der Waals surface area contributed by atoms with E-state index in [1.54, 1.807) is 6.92 Å². The molecular formula is C25H50F3NO2P2.